The second kappa shape index (κ2) is 5.78. The first-order valence-electron chi connectivity index (χ1n) is 5.68. The molecule has 1 aromatic heterocycles. The molecule has 0 radical (unpaired) electrons. The van der Waals surface area contributed by atoms with Crippen molar-refractivity contribution in [1.29, 1.82) is 0 Å². The van der Waals surface area contributed by atoms with E-state index in [1.54, 1.807) is 11.3 Å². The lowest BCUT2D eigenvalue weighted by atomic mass is 10.2. The number of carbonyl (C=O) groups is 1. The zero-order chi connectivity index (χ0) is 13.0. The maximum absolute atomic E-state index is 12.9. The van der Waals surface area contributed by atoms with Crippen molar-refractivity contribution in [2.75, 3.05) is 0 Å². The number of thiophene rings is 1. The highest BCUT2D eigenvalue weighted by Gasteiger charge is 2.06. The second-order valence-electron chi connectivity index (χ2n) is 3.81. The Morgan fingerprint density at radius 2 is 2.06 bits per heavy atom. The van der Waals surface area contributed by atoms with Gasteiger partial charge in [0.2, 0.25) is 0 Å². The third-order valence-corrected chi connectivity index (χ3v) is 3.74. The summed E-state index contributed by atoms with van der Waals surface area (Å²) in [4.78, 5) is 13.2. The fraction of sp³-hybridized carbons (Fsp3) is 0.214. The Morgan fingerprint density at radius 3 is 2.72 bits per heavy atom. The molecule has 94 valence electrons. The minimum atomic E-state index is -0.436. The minimum absolute atomic E-state index is 0.238. The summed E-state index contributed by atoms with van der Waals surface area (Å²) >= 11 is 1.68. The molecule has 0 atom stereocenters. The van der Waals surface area contributed by atoms with Gasteiger partial charge in [0.15, 0.2) is 6.29 Å². The van der Waals surface area contributed by atoms with Crippen molar-refractivity contribution in [3.63, 3.8) is 0 Å². The first-order valence-corrected chi connectivity index (χ1v) is 6.49. The zero-order valence-electron chi connectivity index (χ0n) is 9.98. The molecule has 2 aromatic rings. The summed E-state index contributed by atoms with van der Waals surface area (Å²) in [6, 6.07) is 8.01. The largest absolute Gasteiger partial charge is 0.487 e. The summed E-state index contributed by atoms with van der Waals surface area (Å²) < 4.78 is 18.5. The molecule has 1 heterocycles. The van der Waals surface area contributed by atoms with Gasteiger partial charge in [-0.3, -0.25) is 4.79 Å². The lowest BCUT2D eigenvalue weighted by molar-refractivity contribution is 0.111. The van der Waals surface area contributed by atoms with Crippen molar-refractivity contribution >= 4 is 17.6 Å². The van der Waals surface area contributed by atoms with E-state index in [-0.39, 0.29) is 5.56 Å². The summed E-state index contributed by atoms with van der Waals surface area (Å²) in [5.41, 5.74) is 0.238. The van der Waals surface area contributed by atoms with Gasteiger partial charge in [-0.2, -0.15) is 0 Å². The molecule has 0 fully saturated rings. The predicted molar refractivity (Wildman–Crippen MR) is 69.8 cm³/mol. The topological polar surface area (TPSA) is 26.3 Å². The summed E-state index contributed by atoms with van der Waals surface area (Å²) in [6.45, 7) is 2.50. The van der Waals surface area contributed by atoms with Gasteiger partial charge in [-0.15, -0.1) is 11.3 Å². The van der Waals surface area contributed by atoms with Crippen LogP contribution in [0.3, 0.4) is 0 Å². The molecule has 0 bridgehead atoms. The maximum Gasteiger partial charge on any atom is 0.153 e. The Kier molecular flexibility index (Phi) is 4.10. The molecule has 0 aliphatic rings. The molecule has 0 aliphatic heterocycles. The summed E-state index contributed by atoms with van der Waals surface area (Å²) in [5.74, 6) is -0.0216. The number of hydrogen-bond acceptors (Lipinski definition) is 3. The van der Waals surface area contributed by atoms with E-state index in [9.17, 15) is 9.18 Å². The third kappa shape index (κ3) is 2.96. The van der Waals surface area contributed by atoms with Crippen LogP contribution in [0.15, 0.2) is 30.3 Å². The molecule has 0 N–H and O–H groups in total. The highest BCUT2D eigenvalue weighted by molar-refractivity contribution is 7.11. The van der Waals surface area contributed by atoms with E-state index in [0.717, 1.165) is 11.3 Å². The van der Waals surface area contributed by atoms with Gasteiger partial charge < -0.3 is 4.74 Å². The highest BCUT2D eigenvalue weighted by Crippen LogP contribution is 2.22. The molecule has 0 unspecified atom stereocenters. The standard InChI is InChI=1S/C14H13FO2S/c1-2-12-4-5-13(18-12)9-17-14-6-3-11(15)7-10(14)8-16/h3-8H,2,9H2,1H3. The molecule has 1 aromatic carbocycles. The van der Waals surface area contributed by atoms with Crippen LogP contribution in [0.2, 0.25) is 0 Å². The summed E-state index contributed by atoms with van der Waals surface area (Å²) in [5, 5.41) is 0. The molecule has 2 nitrogen and oxygen atoms in total. The van der Waals surface area contributed by atoms with Crippen LogP contribution in [-0.4, -0.2) is 6.29 Å². The molecular weight excluding hydrogens is 251 g/mol. The first-order chi connectivity index (χ1) is 8.72. The van der Waals surface area contributed by atoms with E-state index in [0.29, 0.717) is 18.6 Å². The van der Waals surface area contributed by atoms with Gasteiger partial charge in [-0.05, 0) is 36.8 Å². The number of carbonyl (C=O) groups excluding carboxylic acids is 1. The SMILES string of the molecule is CCc1ccc(COc2ccc(F)cc2C=O)s1. The minimum Gasteiger partial charge on any atom is -0.487 e. The van der Waals surface area contributed by atoms with Gasteiger partial charge in [-0.25, -0.2) is 4.39 Å². The van der Waals surface area contributed by atoms with Gasteiger partial charge in [0.1, 0.15) is 18.2 Å². The molecule has 2 rings (SSSR count). The molecule has 0 saturated heterocycles. The van der Waals surface area contributed by atoms with E-state index in [1.807, 2.05) is 6.07 Å². The number of aryl methyl sites for hydroxylation is 1. The smallest absolute Gasteiger partial charge is 0.153 e. The van der Waals surface area contributed by atoms with Crippen LogP contribution in [0.1, 0.15) is 27.0 Å². The normalized spacial score (nSPS) is 10.3. The van der Waals surface area contributed by atoms with Gasteiger partial charge in [-0.1, -0.05) is 6.92 Å². The second-order valence-corrected chi connectivity index (χ2v) is 5.06. The van der Waals surface area contributed by atoms with Crippen molar-refractivity contribution in [2.45, 2.75) is 20.0 Å². The molecular formula is C14H13FO2S. The summed E-state index contributed by atoms with van der Waals surface area (Å²) in [7, 11) is 0. The van der Waals surface area contributed by atoms with E-state index >= 15 is 0 Å². The fourth-order valence-electron chi connectivity index (χ4n) is 1.58. The maximum atomic E-state index is 12.9. The monoisotopic (exact) mass is 264 g/mol. The van der Waals surface area contributed by atoms with E-state index in [4.69, 9.17) is 4.74 Å². The molecule has 0 aliphatic carbocycles. The average Bonchev–Trinajstić information content (AvgIpc) is 2.85. The van der Waals surface area contributed by atoms with Crippen LogP contribution in [0.25, 0.3) is 0 Å². The van der Waals surface area contributed by atoms with Gasteiger partial charge >= 0.3 is 0 Å². The Morgan fingerprint density at radius 1 is 1.28 bits per heavy atom. The number of halogens is 1. The average molecular weight is 264 g/mol. The highest BCUT2D eigenvalue weighted by atomic mass is 32.1. The van der Waals surface area contributed by atoms with Crippen LogP contribution >= 0.6 is 11.3 Å². The van der Waals surface area contributed by atoms with E-state index < -0.39 is 5.82 Å². The predicted octanol–water partition coefficient (Wildman–Crippen LogP) is 3.84. The number of aldehydes is 1. The van der Waals surface area contributed by atoms with Crippen molar-refractivity contribution in [3.05, 3.63) is 51.5 Å². The quantitative estimate of drug-likeness (QED) is 0.767. The molecule has 0 spiro atoms. The first kappa shape index (κ1) is 12.8. The molecule has 4 heteroatoms. The van der Waals surface area contributed by atoms with Crippen LogP contribution < -0.4 is 4.74 Å². The Labute approximate surface area is 109 Å². The number of benzene rings is 1. The molecule has 0 saturated carbocycles. The number of ether oxygens (including phenoxy) is 1. The van der Waals surface area contributed by atoms with Crippen molar-refractivity contribution < 1.29 is 13.9 Å². The van der Waals surface area contributed by atoms with Crippen LogP contribution in [-0.2, 0) is 13.0 Å². The molecule has 0 amide bonds. The van der Waals surface area contributed by atoms with Crippen molar-refractivity contribution in [3.8, 4) is 5.75 Å². The van der Waals surface area contributed by atoms with Gasteiger partial charge in [0.25, 0.3) is 0 Å². The van der Waals surface area contributed by atoms with Crippen LogP contribution in [0, 0.1) is 5.82 Å². The van der Waals surface area contributed by atoms with Crippen LogP contribution in [0.5, 0.6) is 5.75 Å². The Balaban J connectivity index is 2.07. The van der Waals surface area contributed by atoms with Crippen molar-refractivity contribution in [1.82, 2.24) is 0 Å². The lowest BCUT2D eigenvalue weighted by Gasteiger charge is -2.06. The Hall–Kier alpha value is -1.68. The Bertz CT molecular complexity index is 548. The fourth-order valence-corrected chi connectivity index (χ4v) is 2.45. The summed E-state index contributed by atoms with van der Waals surface area (Å²) in [6.07, 6.45) is 1.60. The molecule has 18 heavy (non-hydrogen) atoms. The van der Waals surface area contributed by atoms with Gasteiger partial charge in [0.05, 0.1) is 5.56 Å². The number of rotatable bonds is 5. The van der Waals surface area contributed by atoms with Crippen LogP contribution in [0.4, 0.5) is 4.39 Å². The third-order valence-electron chi connectivity index (χ3n) is 2.53. The van der Waals surface area contributed by atoms with E-state index in [1.165, 1.54) is 23.1 Å². The van der Waals surface area contributed by atoms with Crippen molar-refractivity contribution in [2.24, 2.45) is 0 Å². The van der Waals surface area contributed by atoms with E-state index in [2.05, 4.69) is 13.0 Å². The van der Waals surface area contributed by atoms with Gasteiger partial charge in [0, 0.05) is 9.75 Å². The lowest BCUT2D eigenvalue weighted by Crippen LogP contribution is -1.97. The number of hydrogen-bond donors (Lipinski definition) is 0. The zero-order valence-corrected chi connectivity index (χ0v) is 10.8.